The summed E-state index contributed by atoms with van der Waals surface area (Å²) in [5.74, 6) is 0.228. The van der Waals surface area contributed by atoms with Gasteiger partial charge in [-0.05, 0) is 41.0 Å². The molecule has 2 atom stereocenters. The minimum atomic E-state index is -0.552. The molecule has 0 bridgehead atoms. The summed E-state index contributed by atoms with van der Waals surface area (Å²) in [6, 6.07) is 13.5. The standard InChI is InChI=1S/C22H29N3O2/c1-14(2)21(22(27)24-13-19(23)17-9-10-17)25-20(26)12-15-7-8-16-5-3-4-6-18(16)11-15/h3-8,11,14,17,19,21H,9-10,12-13,23H2,1-2H3,(H,24,27)(H,25,26). The first kappa shape index (κ1) is 19.4. The van der Waals surface area contributed by atoms with Crippen molar-refractivity contribution in [2.75, 3.05) is 6.54 Å². The number of carbonyl (C=O) groups excluding carboxylic acids is 2. The van der Waals surface area contributed by atoms with Crippen LogP contribution in [0.25, 0.3) is 10.8 Å². The van der Waals surface area contributed by atoms with Gasteiger partial charge in [0.15, 0.2) is 0 Å². The van der Waals surface area contributed by atoms with Gasteiger partial charge in [0.2, 0.25) is 11.8 Å². The maximum atomic E-state index is 12.5. The smallest absolute Gasteiger partial charge is 0.242 e. The molecule has 1 fully saturated rings. The van der Waals surface area contributed by atoms with Crippen molar-refractivity contribution in [2.24, 2.45) is 17.6 Å². The lowest BCUT2D eigenvalue weighted by molar-refractivity contribution is -0.129. The molecule has 0 spiro atoms. The van der Waals surface area contributed by atoms with Crippen molar-refractivity contribution in [2.45, 2.75) is 45.2 Å². The predicted molar refractivity (Wildman–Crippen MR) is 108 cm³/mol. The molecule has 1 aliphatic rings. The van der Waals surface area contributed by atoms with Crippen molar-refractivity contribution in [3.05, 3.63) is 48.0 Å². The average Bonchev–Trinajstić information content (AvgIpc) is 3.49. The van der Waals surface area contributed by atoms with Crippen LogP contribution < -0.4 is 16.4 Å². The number of hydrogen-bond acceptors (Lipinski definition) is 3. The largest absolute Gasteiger partial charge is 0.353 e. The van der Waals surface area contributed by atoms with Gasteiger partial charge in [-0.15, -0.1) is 0 Å². The average molecular weight is 367 g/mol. The summed E-state index contributed by atoms with van der Waals surface area (Å²) in [6.45, 7) is 4.33. The van der Waals surface area contributed by atoms with Crippen LogP contribution in [0.2, 0.25) is 0 Å². The molecule has 2 aromatic rings. The summed E-state index contributed by atoms with van der Waals surface area (Å²) in [5.41, 5.74) is 6.99. The predicted octanol–water partition coefficient (Wildman–Crippen LogP) is 2.38. The van der Waals surface area contributed by atoms with Gasteiger partial charge >= 0.3 is 0 Å². The SMILES string of the molecule is CC(C)C(NC(=O)Cc1ccc2ccccc2c1)C(=O)NCC(N)C1CC1. The molecule has 144 valence electrons. The molecule has 0 aromatic heterocycles. The maximum Gasteiger partial charge on any atom is 0.242 e. The van der Waals surface area contributed by atoms with E-state index in [0.29, 0.717) is 12.5 Å². The van der Waals surface area contributed by atoms with Crippen LogP contribution in [0.4, 0.5) is 0 Å². The van der Waals surface area contributed by atoms with Crippen LogP contribution in [0.3, 0.4) is 0 Å². The molecule has 5 nitrogen and oxygen atoms in total. The molecule has 4 N–H and O–H groups in total. The highest BCUT2D eigenvalue weighted by Gasteiger charge is 2.30. The van der Waals surface area contributed by atoms with Gasteiger partial charge in [-0.2, -0.15) is 0 Å². The van der Waals surface area contributed by atoms with E-state index in [0.717, 1.165) is 29.2 Å². The molecule has 1 saturated carbocycles. The van der Waals surface area contributed by atoms with Crippen LogP contribution in [0.15, 0.2) is 42.5 Å². The molecule has 0 heterocycles. The van der Waals surface area contributed by atoms with Crippen molar-refractivity contribution in [3.63, 3.8) is 0 Å². The monoisotopic (exact) mass is 367 g/mol. The summed E-state index contributed by atoms with van der Waals surface area (Å²) in [4.78, 5) is 25.0. The molecular weight excluding hydrogens is 338 g/mol. The zero-order chi connectivity index (χ0) is 19.4. The zero-order valence-electron chi connectivity index (χ0n) is 16.1. The lowest BCUT2D eigenvalue weighted by Crippen LogP contribution is -2.52. The third kappa shape index (κ3) is 5.30. The van der Waals surface area contributed by atoms with Gasteiger partial charge in [-0.1, -0.05) is 56.3 Å². The van der Waals surface area contributed by atoms with Crippen molar-refractivity contribution in [1.82, 2.24) is 10.6 Å². The van der Waals surface area contributed by atoms with Gasteiger partial charge < -0.3 is 16.4 Å². The van der Waals surface area contributed by atoms with Crippen molar-refractivity contribution in [3.8, 4) is 0 Å². The van der Waals surface area contributed by atoms with Gasteiger partial charge in [0.25, 0.3) is 0 Å². The summed E-state index contributed by atoms with van der Waals surface area (Å²) in [6.07, 6.45) is 2.54. The molecule has 27 heavy (non-hydrogen) atoms. The van der Waals surface area contributed by atoms with Crippen LogP contribution in [0.5, 0.6) is 0 Å². The van der Waals surface area contributed by atoms with Gasteiger partial charge in [-0.25, -0.2) is 0 Å². The highest BCUT2D eigenvalue weighted by atomic mass is 16.2. The summed E-state index contributed by atoms with van der Waals surface area (Å²) < 4.78 is 0. The van der Waals surface area contributed by atoms with Crippen molar-refractivity contribution >= 4 is 22.6 Å². The van der Waals surface area contributed by atoms with Crippen LogP contribution in [-0.4, -0.2) is 30.4 Å². The lowest BCUT2D eigenvalue weighted by Gasteiger charge is -2.23. The van der Waals surface area contributed by atoms with Gasteiger partial charge in [0, 0.05) is 12.6 Å². The van der Waals surface area contributed by atoms with E-state index in [-0.39, 0.29) is 30.2 Å². The van der Waals surface area contributed by atoms with E-state index in [1.165, 1.54) is 0 Å². The number of fused-ring (bicyclic) bond motifs is 1. The second-order valence-corrected chi connectivity index (χ2v) is 7.89. The van der Waals surface area contributed by atoms with Crippen LogP contribution >= 0.6 is 0 Å². The highest BCUT2D eigenvalue weighted by molar-refractivity contribution is 5.89. The van der Waals surface area contributed by atoms with E-state index in [1.54, 1.807) is 0 Å². The Labute approximate surface area is 160 Å². The summed E-state index contributed by atoms with van der Waals surface area (Å²) in [7, 11) is 0. The topological polar surface area (TPSA) is 84.2 Å². The Hall–Kier alpha value is -2.40. The number of hydrogen-bond donors (Lipinski definition) is 3. The summed E-state index contributed by atoms with van der Waals surface area (Å²) in [5, 5.41) is 8.04. The Bertz CT molecular complexity index is 814. The number of carbonyl (C=O) groups is 2. The maximum absolute atomic E-state index is 12.5. The number of rotatable bonds is 8. The van der Waals surface area contributed by atoms with Crippen molar-refractivity contribution < 1.29 is 9.59 Å². The fourth-order valence-corrected chi connectivity index (χ4v) is 3.31. The Balaban J connectivity index is 1.57. The number of benzene rings is 2. The third-order valence-electron chi connectivity index (χ3n) is 5.18. The van der Waals surface area contributed by atoms with E-state index >= 15 is 0 Å². The molecular formula is C22H29N3O2. The van der Waals surface area contributed by atoms with Crippen LogP contribution in [-0.2, 0) is 16.0 Å². The first-order valence-corrected chi connectivity index (χ1v) is 9.74. The molecule has 0 aliphatic heterocycles. The normalized spacial score (nSPS) is 16.1. The van der Waals surface area contributed by atoms with Crippen LogP contribution in [0, 0.1) is 11.8 Å². The Morgan fingerprint density at radius 2 is 1.81 bits per heavy atom. The third-order valence-corrected chi connectivity index (χ3v) is 5.18. The highest BCUT2D eigenvalue weighted by Crippen LogP contribution is 2.31. The minimum absolute atomic E-state index is 0.00250. The molecule has 5 heteroatoms. The summed E-state index contributed by atoms with van der Waals surface area (Å²) >= 11 is 0. The molecule has 3 rings (SSSR count). The first-order chi connectivity index (χ1) is 12.9. The molecule has 2 amide bonds. The fraction of sp³-hybridized carbons (Fsp3) is 0.455. The number of nitrogens with one attached hydrogen (secondary N) is 2. The van der Waals surface area contributed by atoms with E-state index in [1.807, 2.05) is 56.3 Å². The van der Waals surface area contributed by atoms with Crippen LogP contribution in [0.1, 0.15) is 32.3 Å². The van der Waals surface area contributed by atoms with Gasteiger partial charge in [-0.3, -0.25) is 9.59 Å². The van der Waals surface area contributed by atoms with Gasteiger partial charge in [0.05, 0.1) is 6.42 Å². The molecule has 2 unspecified atom stereocenters. The second-order valence-electron chi connectivity index (χ2n) is 7.89. The molecule has 2 aromatic carbocycles. The fourth-order valence-electron chi connectivity index (χ4n) is 3.31. The Morgan fingerprint density at radius 3 is 2.48 bits per heavy atom. The first-order valence-electron chi connectivity index (χ1n) is 9.74. The molecule has 0 radical (unpaired) electrons. The number of amides is 2. The Kier molecular flexibility index (Phi) is 6.11. The zero-order valence-corrected chi connectivity index (χ0v) is 16.1. The molecule has 0 saturated heterocycles. The quantitative estimate of drug-likeness (QED) is 0.670. The Morgan fingerprint density at radius 1 is 1.11 bits per heavy atom. The van der Waals surface area contributed by atoms with E-state index in [4.69, 9.17) is 5.73 Å². The second kappa shape index (κ2) is 8.53. The number of nitrogens with two attached hydrogens (primary N) is 1. The van der Waals surface area contributed by atoms with E-state index in [2.05, 4.69) is 10.6 Å². The van der Waals surface area contributed by atoms with Crippen molar-refractivity contribution in [1.29, 1.82) is 0 Å². The molecule has 1 aliphatic carbocycles. The van der Waals surface area contributed by atoms with E-state index in [9.17, 15) is 9.59 Å². The van der Waals surface area contributed by atoms with E-state index < -0.39 is 6.04 Å². The van der Waals surface area contributed by atoms with Gasteiger partial charge in [0.1, 0.15) is 6.04 Å². The minimum Gasteiger partial charge on any atom is -0.353 e. The lowest BCUT2D eigenvalue weighted by atomic mass is 10.0.